The van der Waals surface area contributed by atoms with Crippen molar-refractivity contribution < 1.29 is 30.8 Å². The van der Waals surface area contributed by atoms with Crippen LogP contribution in [0.5, 0.6) is 0 Å². The second-order valence-corrected chi connectivity index (χ2v) is 9.51. The zero-order chi connectivity index (χ0) is 20.1. The molecule has 0 aromatic heterocycles. The summed E-state index contributed by atoms with van der Waals surface area (Å²) in [6.07, 6.45) is -5.70. The number of benzene rings is 2. The van der Waals surface area contributed by atoms with Crippen LogP contribution < -0.4 is 10.4 Å². The first kappa shape index (κ1) is 21.5. The molecule has 2 aromatic carbocycles. The van der Waals surface area contributed by atoms with Crippen molar-refractivity contribution in [3.8, 4) is 0 Å². The maximum atomic E-state index is 13.6. The largest absolute Gasteiger partial charge is 0.455 e. The van der Waals surface area contributed by atoms with Crippen molar-refractivity contribution in [2.75, 3.05) is 13.2 Å². The standard InChI is InChI=1S/C19H21F5O2Si/c1-15(2)13-25-27(16-9-5-3-6-10-16,17-11-7-4-8-12-17)26-14-18(20,21)19(22,23)24/h3-12,15H,13-14H2,1-2H3. The molecule has 0 N–H and O–H groups in total. The maximum Gasteiger partial charge on any atom is 0.455 e. The van der Waals surface area contributed by atoms with E-state index in [9.17, 15) is 22.0 Å². The van der Waals surface area contributed by atoms with Crippen LogP contribution in [0.1, 0.15) is 13.8 Å². The van der Waals surface area contributed by atoms with Gasteiger partial charge in [-0.1, -0.05) is 74.5 Å². The topological polar surface area (TPSA) is 18.5 Å². The van der Waals surface area contributed by atoms with Crippen molar-refractivity contribution in [3.63, 3.8) is 0 Å². The molecule has 0 fully saturated rings. The van der Waals surface area contributed by atoms with Crippen molar-refractivity contribution >= 4 is 18.9 Å². The Morgan fingerprint density at radius 3 is 1.59 bits per heavy atom. The third-order valence-electron chi connectivity index (χ3n) is 3.80. The van der Waals surface area contributed by atoms with Crippen molar-refractivity contribution in [3.05, 3.63) is 60.7 Å². The Kier molecular flexibility index (Phi) is 6.77. The Bertz CT molecular complexity index is 666. The normalized spacial score (nSPS) is 13.2. The third-order valence-corrected chi connectivity index (χ3v) is 7.11. The second kappa shape index (κ2) is 8.49. The second-order valence-electron chi connectivity index (χ2n) is 6.54. The molecule has 0 unspecified atom stereocenters. The van der Waals surface area contributed by atoms with E-state index in [-0.39, 0.29) is 12.5 Å². The summed E-state index contributed by atoms with van der Waals surface area (Å²) in [6, 6.07) is 16.6. The van der Waals surface area contributed by atoms with E-state index in [0.29, 0.717) is 10.4 Å². The molecule has 0 saturated heterocycles. The van der Waals surface area contributed by atoms with Gasteiger partial charge < -0.3 is 8.85 Å². The molecule has 27 heavy (non-hydrogen) atoms. The Hall–Kier alpha value is -1.77. The summed E-state index contributed by atoms with van der Waals surface area (Å²) in [5, 5.41) is 0.935. The predicted octanol–water partition coefficient (Wildman–Crippen LogP) is 4.13. The van der Waals surface area contributed by atoms with E-state index in [0.717, 1.165) is 0 Å². The monoisotopic (exact) mass is 404 g/mol. The van der Waals surface area contributed by atoms with E-state index in [1.165, 1.54) is 0 Å². The molecule has 0 saturated carbocycles. The van der Waals surface area contributed by atoms with Gasteiger partial charge in [-0.25, -0.2) is 0 Å². The van der Waals surface area contributed by atoms with Crippen LogP contribution in [0.3, 0.4) is 0 Å². The Morgan fingerprint density at radius 1 is 0.778 bits per heavy atom. The lowest BCUT2D eigenvalue weighted by atomic mass is 10.2. The van der Waals surface area contributed by atoms with Gasteiger partial charge >= 0.3 is 20.7 Å². The number of rotatable bonds is 8. The van der Waals surface area contributed by atoms with Crippen molar-refractivity contribution in [1.29, 1.82) is 0 Å². The first-order valence-electron chi connectivity index (χ1n) is 8.42. The van der Waals surface area contributed by atoms with Crippen LogP contribution >= 0.6 is 0 Å². The van der Waals surface area contributed by atoms with Gasteiger partial charge in [0.1, 0.15) is 6.61 Å². The molecule has 2 rings (SSSR count). The van der Waals surface area contributed by atoms with Gasteiger partial charge in [-0.15, -0.1) is 0 Å². The highest BCUT2D eigenvalue weighted by Crippen LogP contribution is 2.36. The van der Waals surface area contributed by atoms with Gasteiger partial charge in [0, 0.05) is 6.61 Å². The van der Waals surface area contributed by atoms with Crippen LogP contribution in [-0.4, -0.2) is 33.9 Å². The van der Waals surface area contributed by atoms with Gasteiger partial charge in [-0.05, 0) is 16.3 Å². The molecule has 0 aliphatic carbocycles. The van der Waals surface area contributed by atoms with Crippen molar-refractivity contribution in [2.24, 2.45) is 5.92 Å². The van der Waals surface area contributed by atoms with Gasteiger partial charge in [0.05, 0.1) is 0 Å². The molecule has 2 aromatic rings. The van der Waals surface area contributed by atoms with Gasteiger partial charge in [0.25, 0.3) is 0 Å². The summed E-state index contributed by atoms with van der Waals surface area (Å²) in [6.45, 7) is 2.08. The van der Waals surface area contributed by atoms with Crippen LogP contribution in [0, 0.1) is 5.92 Å². The highest BCUT2D eigenvalue weighted by molar-refractivity contribution is 6.92. The van der Waals surface area contributed by atoms with Crippen LogP contribution in [-0.2, 0) is 8.85 Å². The molecule has 148 valence electrons. The highest BCUT2D eigenvalue weighted by Gasteiger charge is 2.59. The maximum absolute atomic E-state index is 13.6. The lowest BCUT2D eigenvalue weighted by Crippen LogP contribution is -2.65. The number of hydrogen-bond donors (Lipinski definition) is 0. The molecule has 0 aliphatic heterocycles. The average molecular weight is 404 g/mol. The fourth-order valence-electron chi connectivity index (χ4n) is 2.41. The molecular weight excluding hydrogens is 383 g/mol. The summed E-state index contributed by atoms with van der Waals surface area (Å²) >= 11 is 0. The number of alkyl halides is 5. The smallest absolute Gasteiger partial charge is 0.387 e. The van der Waals surface area contributed by atoms with Crippen LogP contribution in [0.4, 0.5) is 22.0 Å². The predicted molar refractivity (Wildman–Crippen MR) is 95.7 cm³/mol. The third kappa shape index (κ3) is 5.15. The van der Waals surface area contributed by atoms with E-state index in [1.807, 2.05) is 13.8 Å². The minimum absolute atomic E-state index is 0.0380. The van der Waals surface area contributed by atoms with Crippen LogP contribution in [0.2, 0.25) is 0 Å². The lowest BCUT2D eigenvalue weighted by molar-refractivity contribution is -0.291. The minimum atomic E-state index is -5.70. The molecule has 0 atom stereocenters. The van der Waals surface area contributed by atoms with Crippen LogP contribution in [0.15, 0.2) is 60.7 Å². The molecule has 8 heteroatoms. The van der Waals surface area contributed by atoms with Crippen LogP contribution in [0.25, 0.3) is 0 Å². The minimum Gasteiger partial charge on any atom is -0.387 e. The number of halogens is 5. The van der Waals surface area contributed by atoms with Crippen molar-refractivity contribution in [1.82, 2.24) is 0 Å². The molecule has 2 nitrogen and oxygen atoms in total. The van der Waals surface area contributed by atoms with E-state index >= 15 is 0 Å². The summed E-state index contributed by atoms with van der Waals surface area (Å²) < 4.78 is 76.6. The first-order chi connectivity index (χ1) is 12.6. The van der Waals surface area contributed by atoms with E-state index in [2.05, 4.69) is 0 Å². The van der Waals surface area contributed by atoms with E-state index in [1.54, 1.807) is 60.7 Å². The quantitative estimate of drug-likeness (QED) is 0.487. The van der Waals surface area contributed by atoms with E-state index in [4.69, 9.17) is 8.85 Å². The Balaban J connectivity index is 2.51. The molecule has 0 bridgehead atoms. The summed E-state index contributed by atoms with van der Waals surface area (Å²) in [5.74, 6) is -4.94. The fraction of sp³-hybridized carbons (Fsp3) is 0.368. The molecule has 0 amide bonds. The molecular formula is C19H21F5O2Si. The molecule has 0 radical (unpaired) electrons. The Morgan fingerprint density at radius 2 is 1.22 bits per heavy atom. The summed E-state index contributed by atoms with van der Waals surface area (Å²) in [4.78, 5) is 0. The van der Waals surface area contributed by atoms with Gasteiger partial charge in [0.2, 0.25) is 0 Å². The average Bonchev–Trinajstić information content (AvgIpc) is 2.62. The van der Waals surface area contributed by atoms with Gasteiger partial charge in [0.15, 0.2) is 0 Å². The summed E-state index contributed by atoms with van der Waals surface area (Å²) in [5.41, 5.74) is 0. The lowest BCUT2D eigenvalue weighted by Gasteiger charge is -2.34. The Labute approximate surface area is 156 Å². The fourth-order valence-corrected chi connectivity index (χ4v) is 5.71. The zero-order valence-electron chi connectivity index (χ0n) is 15.0. The van der Waals surface area contributed by atoms with Gasteiger partial charge in [-0.3, -0.25) is 0 Å². The van der Waals surface area contributed by atoms with E-state index < -0.39 is 27.3 Å². The SMILES string of the molecule is CC(C)CO[Si](OCC(F)(F)C(F)(F)F)(c1ccccc1)c1ccccc1. The first-order valence-corrected chi connectivity index (χ1v) is 10.2. The van der Waals surface area contributed by atoms with Gasteiger partial charge in [-0.2, -0.15) is 22.0 Å². The number of hydrogen-bond acceptors (Lipinski definition) is 2. The molecule has 0 spiro atoms. The zero-order valence-corrected chi connectivity index (χ0v) is 16.0. The molecule has 0 aliphatic rings. The molecule has 0 heterocycles. The van der Waals surface area contributed by atoms with Crippen molar-refractivity contribution in [2.45, 2.75) is 25.9 Å². The highest BCUT2D eigenvalue weighted by atomic mass is 28.4. The summed E-state index contributed by atoms with van der Waals surface area (Å²) in [7, 11) is -3.78.